The number of piperidine rings is 2. The van der Waals surface area contributed by atoms with Crippen molar-refractivity contribution in [2.45, 2.75) is 52.4 Å². The van der Waals surface area contributed by atoms with E-state index >= 15 is 0 Å². The Balaban J connectivity index is 1.61. The van der Waals surface area contributed by atoms with E-state index in [2.05, 4.69) is 13.8 Å². The molecule has 31 heavy (non-hydrogen) atoms. The average molecular weight is 451 g/mol. The van der Waals surface area contributed by atoms with Crippen molar-refractivity contribution in [1.82, 2.24) is 9.80 Å². The molecule has 1 aromatic rings. The van der Waals surface area contributed by atoms with Crippen molar-refractivity contribution in [3.05, 3.63) is 22.7 Å². The molecule has 0 atom stereocenters. The minimum Gasteiger partial charge on any atom is -0.493 e. The molecule has 1 aromatic carbocycles. The highest BCUT2D eigenvalue weighted by Gasteiger charge is 2.31. The lowest BCUT2D eigenvalue weighted by Crippen LogP contribution is -2.45. The summed E-state index contributed by atoms with van der Waals surface area (Å²) in [6.45, 7) is 7.72. The lowest BCUT2D eigenvalue weighted by molar-refractivity contribution is -0.137. The predicted octanol–water partition coefficient (Wildman–Crippen LogP) is 4.64. The van der Waals surface area contributed by atoms with Gasteiger partial charge < -0.3 is 19.3 Å². The Morgan fingerprint density at radius 1 is 1.06 bits per heavy atom. The van der Waals surface area contributed by atoms with Gasteiger partial charge in [0.25, 0.3) is 5.91 Å². The molecule has 2 heterocycles. The number of methoxy groups -OCH3 is 1. The van der Waals surface area contributed by atoms with Crippen LogP contribution >= 0.6 is 11.6 Å². The number of likely N-dealkylation sites (tertiary alicyclic amines) is 2. The van der Waals surface area contributed by atoms with Crippen molar-refractivity contribution in [1.29, 1.82) is 0 Å². The Morgan fingerprint density at radius 3 is 2.35 bits per heavy atom. The Labute approximate surface area is 190 Å². The molecule has 0 N–H and O–H groups in total. The van der Waals surface area contributed by atoms with Crippen LogP contribution in [0.5, 0.6) is 11.5 Å². The van der Waals surface area contributed by atoms with Crippen LogP contribution in [0.15, 0.2) is 12.1 Å². The Kier molecular flexibility index (Phi) is 8.47. The zero-order chi connectivity index (χ0) is 22.4. The summed E-state index contributed by atoms with van der Waals surface area (Å²) >= 11 is 6.44. The zero-order valence-corrected chi connectivity index (χ0v) is 19.7. The second kappa shape index (κ2) is 11.1. The second-order valence-corrected chi connectivity index (χ2v) is 9.38. The van der Waals surface area contributed by atoms with E-state index in [0.29, 0.717) is 60.5 Å². The van der Waals surface area contributed by atoms with Crippen LogP contribution in [0.4, 0.5) is 0 Å². The highest BCUT2D eigenvalue weighted by Crippen LogP contribution is 2.37. The summed E-state index contributed by atoms with van der Waals surface area (Å²) in [6.07, 6.45) is 5.74. The molecule has 2 aliphatic rings. The van der Waals surface area contributed by atoms with Gasteiger partial charge in [0.05, 0.1) is 18.7 Å². The summed E-state index contributed by atoms with van der Waals surface area (Å²) in [5.41, 5.74) is 0.485. The Hall–Kier alpha value is -1.95. The van der Waals surface area contributed by atoms with Gasteiger partial charge in [-0.25, -0.2) is 0 Å². The number of ether oxygens (including phenoxy) is 2. The van der Waals surface area contributed by atoms with Crippen molar-refractivity contribution in [2.24, 2.45) is 11.8 Å². The molecule has 0 saturated carbocycles. The van der Waals surface area contributed by atoms with Crippen LogP contribution in [-0.2, 0) is 4.79 Å². The summed E-state index contributed by atoms with van der Waals surface area (Å²) in [5, 5.41) is 0.376. The molecule has 0 unspecified atom stereocenters. The van der Waals surface area contributed by atoms with E-state index in [1.54, 1.807) is 19.2 Å². The fraction of sp³-hybridized carbons (Fsp3) is 0.667. The van der Waals surface area contributed by atoms with Crippen LogP contribution in [0.2, 0.25) is 5.02 Å². The number of carbonyl (C=O) groups excluding carboxylic acids is 2. The molecule has 2 fully saturated rings. The van der Waals surface area contributed by atoms with Crippen molar-refractivity contribution < 1.29 is 19.1 Å². The minimum absolute atomic E-state index is 0.0250. The zero-order valence-electron chi connectivity index (χ0n) is 19.0. The molecular formula is C24H35ClN2O4. The molecule has 6 nitrogen and oxygen atoms in total. The quantitative estimate of drug-likeness (QED) is 0.607. The number of benzene rings is 1. The molecule has 0 bridgehead atoms. The normalized spacial score (nSPS) is 17.7. The third kappa shape index (κ3) is 6.06. The first-order valence-corrected chi connectivity index (χ1v) is 11.9. The van der Waals surface area contributed by atoms with Crippen LogP contribution in [0.25, 0.3) is 0 Å². The smallest absolute Gasteiger partial charge is 0.254 e. The second-order valence-electron chi connectivity index (χ2n) is 8.97. The molecule has 0 aliphatic carbocycles. The average Bonchev–Trinajstić information content (AvgIpc) is 2.79. The van der Waals surface area contributed by atoms with Gasteiger partial charge in [0.2, 0.25) is 5.91 Å². The molecule has 7 heteroatoms. The number of carbonyl (C=O) groups is 2. The largest absolute Gasteiger partial charge is 0.493 e. The maximum Gasteiger partial charge on any atom is 0.254 e. The maximum atomic E-state index is 13.1. The van der Waals surface area contributed by atoms with Crippen molar-refractivity contribution in [2.75, 3.05) is 39.9 Å². The van der Waals surface area contributed by atoms with Crippen LogP contribution < -0.4 is 9.47 Å². The van der Waals surface area contributed by atoms with Gasteiger partial charge in [-0.15, -0.1) is 0 Å². The fourth-order valence-corrected chi connectivity index (χ4v) is 4.53. The summed E-state index contributed by atoms with van der Waals surface area (Å²) in [4.78, 5) is 29.7. The topological polar surface area (TPSA) is 59.1 Å². The third-order valence-electron chi connectivity index (χ3n) is 6.22. The highest BCUT2D eigenvalue weighted by molar-refractivity contribution is 6.32. The molecule has 0 aromatic heterocycles. The summed E-state index contributed by atoms with van der Waals surface area (Å²) in [7, 11) is 1.55. The first kappa shape index (κ1) is 23.7. The van der Waals surface area contributed by atoms with E-state index < -0.39 is 0 Å². The minimum atomic E-state index is -0.0854. The van der Waals surface area contributed by atoms with Crippen molar-refractivity contribution in [3.63, 3.8) is 0 Å². The van der Waals surface area contributed by atoms with Gasteiger partial charge in [0, 0.05) is 37.7 Å². The van der Waals surface area contributed by atoms with E-state index in [4.69, 9.17) is 21.1 Å². The van der Waals surface area contributed by atoms with Crippen LogP contribution in [0.3, 0.4) is 0 Å². The van der Waals surface area contributed by atoms with Crippen molar-refractivity contribution >= 4 is 23.4 Å². The standard InChI is InChI=1S/C24H35ClN2O4/c1-17(2)9-14-31-22-20(25)15-19(16-21(22)30-3)24(29)27-12-7-18(8-13-27)23(28)26-10-5-4-6-11-26/h15-18H,4-14H2,1-3H3. The van der Waals surface area contributed by atoms with Gasteiger partial charge in [-0.1, -0.05) is 25.4 Å². The number of rotatable bonds is 7. The van der Waals surface area contributed by atoms with E-state index in [-0.39, 0.29) is 17.7 Å². The van der Waals surface area contributed by atoms with Gasteiger partial charge >= 0.3 is 0 Å². The summed E-state index contributed by atoms with van der Waals surface area (Å²) in [6, 6.07) is 3.35. The molecular weight excluding hydrogens is 416 g/mol. The molecule has 0 spiro atoms. The SMILES string of the molecule is COc1cc(C(=O)N2CCC(C(=O)N3CCCCC3)CC2)cc(Cl)c1OCCC(C)C. The Bertz CT molecular complexity index is 769. The molecule has 2 aliphatic heterocycles. The van der Waals surface area contributed by atoms with Gasteiger partial charge in [0.1, 0.15) is 0 Å². The van der Waals surface area contributed by atoms with Crippen molar-refractivity contribution in [3.8, 4) is 11.5 Å². The highest BCUT2D eigenvalue weighted by atomic mass is 35.5. The number of amides is 2. The van der Waals surface area contributed by atoms with Gasteiger partial charge in [-0.2, -0.15) is 0 Å². The van der Waals surface area contributed by atoms with Crippen LogP contribution in [-0.4, -0.2) is 61.5 Å². The van der Waals surface area contributed by atoms with E-state index in [9.17, 15) is 9.59 Å². The number of nitrogens with zero attached hydrogens (tertiary/aromatic N) is 2. The maximum absolute atomic E-state index is 13.1. The monoisotopic (exact) mass is 450 g/mol. The molecule has 172 valence electrons. The predicted molar refractivity (Wildman–Crippen MR) is 122 cm³/mol. The molecule has 2 saturated heterocycles. The summed E-state index contributed by atoms with van der Waals surface area (Å²) in [5.74, 6) is 1.67. The van der Waals surface area contributed by atoms with Gasteiger partial charge in [-0.3, -0.25) is 9.59 Å². The first-order chi connectivity index (χ1) is 14.9. The van der Waals surface area contributed by atoms with Crippen LogP contribution in [0, 0.1) is 11.8 Å². The van der Waals surface area contributed by atoms with E-state index in [1.807, 2.05) is 9.80 Å². The fourth-order valence-electron chi connectivity index (χ4n) is 4.26. The Morgan fingerprint density at radius 2 is 1.74 bits per heavy atom. The molecule has 0 radical (unpaired) electrons. The van der Waals surface area contributed by atoms with E-state index in [0.717, 1.165) is 32.4 Å². The van der Waals surface area contributed by atoms with Crippen LogP contribution in [0.1, 0.15) is 62.7 Å². The van der Waals surface area contributed by atoms with E-state index in [1.165, 1.54) is 6.42 Å². The molecule has 3 rings (SSSR count). The third-order valence-corrected chi connectivity index (χ3v) is 6.50. The summed E-state index contributed by atoms with van der Waals surface area (Å²) < 4.78 is 11.3. The molecule has 2 amide bonds. The lowest BCUT2D eigenvalue weighted by atomic mass is 9.94. The van der Waals surface area contributed by atoms with Gasteiger partial charge in [-0.05, 0) is 56.6 Å². The number of halogens is 1. The number of hydrogen-bond donors (Lipinski definition) is 0. The lowest BCUT2D eigenvalue weighted by Gasteiger charge is -2.35. The number of hydrogen-bond acceptors (Lipinski definition) is 4. The first-order valence-electron chi connectivity index (χ1n) is 11.5. The van der Waals surface area contributed by atoms with Gasteiger partial charge in [0.15, 0.2) is 11.5 Å².